The maximum absolute atomic E-state index is 3.54. The Balaban J connectivity index is 0.00000134. The third-order valence-electron chi connectivity index (χ3n) is 28.5. The second kappa shape index (κ2) is 54.0. The molecule has 0 saturated carbocycles. The van der Waals surface area contributed by atoms with Crippen LogP contribution in [0.5, 0.6) is 0 Å². The Morgan fingerprint density at radius 2 is 0.431 bits per heavy atom. The van der Waals surface area contributed by atoms with E-state index in [4.69, 9.17) is 0 Å². The van der Waals surface area contributed by atoms with Gasteiger partial charge in [0.15, 0.2) is 0 Å². The summed E-state index contributed by atoms with van der Waals surface area (Å²) in [5.74, 6) is 0. The van der Waals surface area contributed by atoms with Gasteiger partial charge in [0.2, 0.25) is 0 Å². The molecule has 123 heavy (non-hydrogen) atoms. The van der Waals surface area contributed by atoms with Crippen LogP contribution in [0.2, 0.25) is 0 Å². The summed E-state index contributed by atoms with van der Waals surface area (Å²) < 4.78 is 0. The highest BCUT2D eigenvalue weighted by Gasteiger charge is 2.39. The Morgan fingerprint density at radius 1 is 0.244 bits per heavy atom. The first-order valence-electron chi connectivity index (χ1n) is 50.7. The highest BCUT2D eigenvalue weighted by atomic mass is 15.4. The average molecular weight is 1750 g/mol. The van der Waals surface area contributed by atoms with Crippen molar-refractivity contribution in [1.29, 1.82) is 0 Å². The standard InChI is InChI=1S/3C11H24N2.2C11H23N.4C10H22N2.C9H20N2.CH4/c2*1-9-7-13(11(3,4)5)8-10(2)12(9)6;1-10(2)12-6-8-13(9-7-12)11(3,4)5;2*1-9-7-6-8-10(2)12(9)11(3,4)5;2*1-8-6-12(10(3,4)5)7-9(2)11-8;2*1-5-11-6-8-12(9-7-11)10(2,3)4;1-9(2,3)11-7-5-10(4)6-8-11;/h2*9-10H,7-8H2,1-6H3;10H,6-9H2,1-5H3;2*9-10H,6-8H2,1-5H3;2*8-9,11H,6-7H2,1-5H3;2*5-9H2,1-4H3;5-8H2,1-4H3;1H4/t9-,10+;;;9-,10+;;8-,9+;;;;;. The van der Waals surface area contributed by atoms with Crippen LogP contribution in [-0.2, 0) is 0 Å². The lowest BCUT2D eigenvalue weighted by Gasteiger charge is -2.48. The number of likely N-dealkylation sites (N-methyl/N-ethyl adjacent to an activating group) is 5. The highest BCUT2D eigenvalue weighted by molar-refractivity contribution is 4.96. The summed E-state index contributed by atoms with van der Waals surface area (Å²) in [6, 6.07) is 9.06. The fourth-order valence-electron chi connectivity index (χ4n) is 20.0. The van der Waals surface area contributed by atoms with Crippen LogP contribution < -0.4 is 10.6 Å². The van der Waals surface area contributed by atoms with Gasteiger partial charge in [0.1, 0.15) is 0 Å². The van der Waals surface area contributed by atoms with Gasteiger partial charge in [-0.2, -0.15) is 0 Å². The van der Waals surface area contributed by atoms with Crippen molar-refractivity contribution in [3.63, 3.8) is 0 Å². The van der Waals surface area contributed by atoms with E-state index in [1.807, 2.05) is 0 Å². The maximum Gasteiger partial charge on any atom is 0.0195 e. The Morgan fingerprint density at radius 3 is 0.602 bits per heavy atom. The molecule has 0 aliphatic carbocycles. The predicted molar refractivity (Wildman–Crippen MR) is 552 cm³/mol. The van der Waals surface area contributed by atoms with E-state index in [1.165, 1.54) is 209 Å². The molecule has 2 N–H and O–H groups in total. The molecule has 12 atom stereocenters. The Bertz CT molecular complexity index is 2450. The minimum absolute atomic E-state index is 0. The number of hydrogen-bond acceptors (Lipinski definition) is 18. The average Bonchev–Trinajstić information content (AvgIpc) is 0.819. The molecule has 0 aromatic rings. The third-order valence-corrected chi connectivity index (χ3v) is 28.5. The van der Waals surface area contributed by atoms with Gasteiger partial charge in [-0.05, 0) is 365 Å². The van der Waals surface area contributed by atoms with E-state index in [1.54, 1.807) is 0 Å². The molecule has 10 heterocycles. The van der Waals surface area contributed by atoms with E-state index in [2.05, 4.69) is 429 Å². The van der Waals surface area contributed by atoms with E-state index in [0.717, 1.165) is 24.2 Å². The second-order valence-corrected chi connectivity index (χ2v) is 50.3. The summed E-state index contributed by atoms with van der Waals surface area (Å²) in [7, 11) is 6.66. The zero-order valence-electron chi connectivity index (χ0n) is 92.3. The first kappa shape index (κ1) is 122. The van der Waals surface area contributed by atoms with Crippen molar-refractivity contribution in [2.45, 2.75) is 498 Å². The number of nitrogens with zero attached hydrogens (tertiary/aromatic N) is 16. The van der Waals surface area contributed by atoms with Crippen molar-refractivity contribution in [3.8, 4) is 0 Å². The number of likely N-dealkylation sites (tertiary alicyclic amines) is 2. The SMILES string of the molecule is C.CC(C)N1CCN(C(C)(C)C)CC1.CC1CCCC(C)N1C(C)(C)C.CC1CN(C(C)(C)C)CC(C)N1.CC1CN(C(C)(C)C)CC(C)N1C.CCN1CCN(C(C)(C)C)CC1.CCN1CCN(C(C)(C)C)CC1.CN1CCN(C(C)(C)C)CC1.C[C@@H]1CCC[C@H](C)N1C(C)(C)C.C[C@@H]1CN(C(C)(C)C)C[C@H](C)N1.C[C@@H]1CN(C(C)(C)C)C[C@H](C)N1C. The first-order chi connectivity index (χ1) is 55.3. The quantitative estimate of drug-likeness (QED) is 0.281. The van der Waals surface area contributed by atoms with E-state index in [-0.39, 0.29) is 7.43 Å². The van der Waals surface area contributed by atoms with Gasteiger partial charge in [-0.15, -0.1) is 0 Å². The highest BCUT2D eigenvalue weighted by Crippen LogP contribution is 2.33. The second-order valence-electron chi connectivity index (χ2n) is 50.3. The molecule has 10 saturated heterocycles. The molecule has 10 fully saturated rings. The maximum atomic E-state index is 3.54. The lowest BCUT2D eigenvalue weighted by atomic mass is 9.91. The molecular weight excluding hydrogens is 1510 g/mol. The monoisotopic (exact) mass is 1740 g/mol. The fraction of sp³-hybridized carbons (Fsp3) is 1.00. The number of hydrogen-bond donors (Lipinski definition) is 2. The third kappa shape index (κ3) is 47.2. The molecule has 0 aromatic carbocycles. The van der Waals surface area contributed by atoms with Crippen LogP contribution in [0.15, 0.2) is 0 Å². The summed E-state index contributed by atoms with van der Waals surface area (Å²) in [5.41, 5.74) is 3.42. The molecule has 0 spiro atoms. The number of piperidine rings is 2. The molecular formula is C105H230N18. The summed E-state index contributed by atoms with van der Waals surface area (Å²) in [5, 5.41) is 7.08. The molecule has 0 amide bonds. The van der Waals surface area contributed by atoms with Gasteiger partial charge in [0, 0.05) is 291 Å². The lowest BCUT2D eigenvalue weighted by molar-refractivity contribution is 0.00886. The molecule has 0 radical (unpaired) electrons. The van der Waals surface area contributed by atoms with Gasteiger partial charge in [0.25, 0.3) is 0 Å². The smallest absolute Gasteiger partial charge is 0.0195 e. The van der Waals surface area contributed by atoms with Gasteiger partial charge in [-0.3, -0.25) is 63.7 Å². The largest absolute Gasteiger partial charge is 0.309 e. The Kier molecular flexibility index (Phi) is 53.7. The molecule has 0 aromatic heterocycles. The predicted octanol–water partition coefficient (Wildman–Crippen LogP) is 19.0. The molecule has 10 aliphatic heterocycles. The van der Waals surface area contributed by atoms with Gasteiger partial charge >= 0.3 is 0 Å². The molecule has 6 unspecified atom stereocenters. The summed E-state index contributed by atoms with van der Waals surface area (Å²) in [6.45, 7) is 137. The van der Waals surface area contributed by atoms with Crippen LogP contribution in [0.4, 0.5) is 0 Å². The lowest BCUT2D eigenvalue weighted by Crippen LogP contribution is -2.59. The van der Waals surface area contributed by atoms with Gasteiger partial charge in [0.05, 0.1) is 0 Å². The first-order valence-corrected chi connectivity index (χ1v) is 50.7. The number of rotatable bonds is 3. The number of piperazine rings is 8. The van der Waals surface area contributed by atoms with Crippen LogP contribution in [-0.4, -0.2) is 404 Å². The zero-order chi connectivity index (χ0) is 94.8. The topological polar surface area (TPSA) is 75.9 Å². The van der Waals surface area contributed by atoms with Crippen LogP contribution in [0, 0.1) is 0 Å². The molecule has 10 aliphatic rings. The van der Waals surface area contributed by atoms with Crippen molar-refractivity contribution in [1.82, 2.24) is 89.0 Å². The van der Waals surface area contributed by atoms with E-state index in [9.17, 15) is 0 Å². The Hall–Kier alpha value is -0.720. The summed E-state index contributed by atoms with van der Waals surface area (Å²) in [6.07, 6.45) is 8.33. The van der Waals surface area contributed by atoms with Crippen molar-refractivity contribution in [2.75, 3.05) is 191 Å². The van der Waals surface area contributed by atoms with Gasteiger partial charge in [-0.1, -0.05) is 34.1 Å². The molecule has 0 bridgehead atoms. The Labute approximate surface area is 774 Å². The van der Waals surface area contributed by atoms with Crippen LogP contribution in [0.25, 0.3) is 0 Å². The summed E-state index contributed by atoms with van der Waals surface area (Å²) >= 11 is 0. The van der Waals surface area contributed by atoms with E-state index >= 15 is 0 Å². The van der Waals surface area contributed by atoms with Crippen LogP contribution in [0.3, 0.4) is 0 Å². The minimum atomic E-state index is 0. The molecule has 18 heteroatoms. The van der Waals surface area contributed by atoms with E-state index < -0.39 is 0 Å². The minimum Gasteiger partial charge on any atom is -0.309 e. The van der Waals surface area contributed by atoms with Gasteiger partial charge < -0.3 is 25.3 Å². The van der Waals surface area contributed by atoms with Gasteiger partial charge in [-0.25, -0.2) is 0 Å². The van der Waals surface area contributed by atoms with Crippen LogP contribution >= 0.6 is 0 Å². The molecule has 10 rings (SSSR count). The molecule has 740 valence electrons. The zero-order valence-corrected chi connectivity index (χ0v) is 92.3. The number of nitrogens with one attached hydrogen (secondary N) is 2. The molecule has 18 nitrogen and oxygen atoms in total. The van der Waals surface area contributed by atoms with Crippen molar-refractivity contribution < 1.29 is 0 Å². The van der Waals surface area contributed by atoms with Crippen LogP contribution in [0.1, 0.15) is 364 Å². The van der Waals surface area contributed by atoms with E-state index in [0.29, 0.717) is 110 Å². The van der Waals surface area contributed by atoms with Crippen molar-refractivity contribution in [3.05, 3.63) is 0 Å². The normalized spacial score (nSPS) is 29.3. The fourth-order valence-corrected chi connectivity index (χ4v) is 20.0. The van der Waals surface area contributed by atoms with Crippen molar-refractivity contribution in [2.24, 2.45) is 0 Å². The summed E-state index contributed by atoms with van der Waals surface area (Å²) in [4.78, 5) is 40.8. The van der Waals surface area contributed by atoms with Crippen molar-refractivity contribution >= 4 is 0 Å².